The van der Waals surface area contributed by atoms with Gasteiger partial charge in [-0.15, -0.1) is 0 Å². The third-order valence-corrected chi connectivity index (χ3v) is 7.24. The van der Waals surface area contributed by atoms with Gasteiger partial charge in [0.05, 0.1) is 5.92 Å². The Morgan fingerprint density at radius 2 is 1.67 bits per heavy atom. The highest BCUT2D eigenvalue weighted by molar-refractivity contribution is 6.30. The maximum absolute atomic E-state index is 12.8. The zero-order valence-corrected chi connectivity index (χ0v) is 20.2. The number of carbonyl (C=O) groups excluding carboxylic acids is 2. The van der Waals surface area contributed by atoms with E-state index in [0.717, 1.165) is 24.9 Å². The fourth-order valence-corrected chi connectivity index (χ4v) is 5.00. The average Bonchev–Trinajstić information content (AvgIpc) is 2.85. The molecule has 2 saturated heterocycles. The second-order valence-corrected chi connectivity index (χ2v) is 9.88. The van der Waals surface area contributed by atoms with Gasteiger partial charge >= 0.3 is 0 Å². The molecule has 0 spiro atoms. The van der Waals surface area contributed by atoms with Gasteiger partial charge in [0.2, 0.25) is 5.91 Å². The molecule has 0 aliphatic carbocycles. The van der Waals surface area contributed by atoms with E-state index in [1.165, 1.54) is 31.4 Å². The Labute approximate surface area is 202 Å². The summed E-state index contributed by atoms with van der Waals surface area (Å²) in [5.74, 6) is -0.188. The van der Waals surface area contributed by atoms with Gasteiger partial charge in [0, 0.05) is 42.8 Å². The van der Waals surface area contributed by atoms with Crippen molar-refractivity contribution in [2.75, 3.05) is 19.6 Å². The van der Waals surface area contributed by atoms with Crippen LogP contribution in [0.3, 0.4) is 0 Å². The summed E-state index contributed by atoms with van der Waals surface area (Å²) in [6.45, 7) is 6.15. The molecular formula is C27H34ClN3O2. The van der Waals surface area contributed by atoms with Crippen molar-refractivity contribution < 1.29 is 9.59 Å². The lowest BCUT2D eigenvalue weighted by molar-refractivity contribution is -0.126. The van der Waals surface area contributed by atoms with E-state index in [4.69, 9.17) is 11.6 Å². The maximum Gasteiger partial charge on any atom is 0.253 e. The zero-order valence-electron chi connectivity index (χ0n) is 19.4. The first-order chi connectivity index (χ1) is 16.0. The smallest absolute Gasteiger partial charge is 0.253 e. The molecule has 6 heteroatoms. The van der Waals surface area contributed by atoms with Crippen molar-refractivity contribution in [2.45, 2.75) is 58.2 Å². The van der Waals surface area contributed by atoms with Crippen LogP contribution in [0.1, 0.15) is 60.5 Å². The summed E-state index contributed by atoms with van der Waals surface area (Å²) >= 11 is 5.93. The molecular weight excluding hydrogens is 434 g/mol. The number of rotatable bonds is 6. The molecule has 2 heterocycles. The van der Waals surface area contributed by atoms with Crippen LogP contribution in [0.2, 0.25) is 5.02 Å². The van der Waals surface area contributed by atoms with E-state index in [-0.39, 0.29) is 17.7 Å². The molecule has 2 amide bonds. The number of likely N-dealkylation sites (tertiary alicyclic amines) is 2. The molecule has 1 N–H and O–H groups in total. The molecule has 2 atom stereocenters. The lowest BCUT2D eigenvalue weighted by Crippen LogP contribution is -2.45. The Morgan fingerprint density at radius 1 is 0.939 bits per heavy atom. The van der Waals surface area contributed by atoms with Crippen LogP contribution in [0.4, 0.5) is 0 Å². The van der Waals surface area contributed by atoms with Crippen molar-refractivity contribution in [3.05, 3.63) is 70.2 Å². The first-order valence-electron chi connectivity index (χ1n) is 12.1. The summed E-state index contributed by atoms with van der Waals surface area (Å²) in [6.07, 6.45) is 5.56. The Balaban J connectivity index is 1.26. The number of hydrogen-bond acceptors (Lipinski definition) is 3. The summed E-state index contributed by atoms with van der Waals surface area (Å²) < 4.78 is 0. The number of piperidine rings is 2. The van der Waals surface area contributed by atoms with Crippen molar-refractivity contribution in [1.82, 2.24) is 15.1 Å². The molecule has 0 aromatic heterocycles. The fraction of sp³-hybridized carbons (Fsp3) is 0.481. The van der Waals surface area contributed by atoms with Crippen LogP contribution in [-0.4, -0.2) is 47.3 Å². The standard InChI is InChI=1S/C27H34ClN3O2/c1-20-5-2-3-15-30(20)18-22-9-7-21(8-10-22)17-29-26(32)24-6-4-16-31(19-24)27(33)23-11-13-25(28)14-12-23/h7-14,20,24H,2-6,15-19H2,1H3,(H,29,32). The maximum atomic E-state index is 12.8. The van der Waals surface area contributed by atoms with Crippen LogP contribution in [0.25, 0.3) is 0 Å². The molecule has 176 valence electrons. The Bertz CT molecular complexity index is 945. The van der Waals surface area contributed by atoms with E-state index in [1.54, 1.807) is 29.2 Å². The zero-order chi connectivity index (χ0) is 23.2. The molecule has 33 heavy (non-hydrogen) atoms. The molecule has 2 aromatic rings. The van der Waals surface area contributed by atoms with Crippen molar-refractivity contribution >= 4 is 23.4 Å². The molecule has 0 radical (unpaired) electrons. The van der Waals surface area contributed by atoms with Crippen LogP contribution in [-0.2, 0) is 17.9 Å². The molecule has 2 fully saturated rings. The quantitative estimate of drug-likeness (QED) is 0.658. The molecule has 2 aliphatic heterocycles. The minimum atomic E-state index is -0.171. The van der Waals surface area contributed by atoms with E-state index in [9.17, 15) is 9.59 Å². The van der Waals surface area contributed by atoms with E-state index >= 15 is 0 Å². The van der Waals surface area contributed by atoms with Gasteiger partial charge in [-0.3, -0.25) is 14.5 Å². The lowest BCUT2D eigenvalue weighted by atomic mass is 9.96. The molecule has 2 aliphatic rings. The largest absolute Gasteiger partial charge is 0.352 e. The highest BCUT2D eigenvalue weighted by Gasteiger charge is 2.28. The molecule has 0 saturated carbocycles. The first-order valence-corrected chi connectivity index (χ1v) is 12.5. The van der Waals surface area contributed by atoms with Crippen molar-refractivity contribution in [1.29, 1.82) is 0 Å². The number of nitrogens with zero attached hydrogens (tertiary/aromatic N) is 2. The van der Waals surface area contributed by atoms with E-state index < -0.39 is 0 Å². The van der Waals surface area contributed by atoms with Gasteiger partial charge in [-0.2, -0.15) is 0 Å². The van der Waals surface area contributed by atoms with Crippen molar-refractivity contribution in [3.8, 4) is 0 Å². The SMILES string of the molecule is CC1CCCCN1Cc1ccc(CNC(=O)C2CCCN(C(=O)c3ccc(Cl)cc3)C2)cc1. The van der Waals surface area contributed by atoms with Gasteiger partial charge in [0.15, 0.2) is 0 Å². The van der Waals surface area contributed by atoms with Gasteiger partial charge in [-0.1, -0.05) is 42.3 Å². The van der Waals surface area contributed by atoms with Gasteiger partial charge in [-0.25, -0.2) is 0 Å². The summed E-state index contributed by atoms with van der Waals surface area (Å²) in [6, 6.07) is 16.2. The van der Waals surface area contributed by atoms with Gasteiger partial charge in [0.1, 0.15) is 0 Å². The lowest BCUT2D eigenvalue weighted by Gasteiger charge is -2.33. The third kappa shape index (κ3) is 6.36. The summed E-state index contributed by atoms with van der Waals surface area (Å²) in [4.78, 5) is 30.0. The van der Waals surface area contributed by atoms with Crippen LogP contribution < -0.4 is 5.32 Å². The minimum Gasteiger partial charge on any atom is -0.352 e. The summed E-state index contributed by atoms with van der Waals surface area (Å²) in [5.41, 5.74) is 3.03. The number of benzene rings is 2. The first kappa shape index (κ1) is 23.8. The molecule has 2 aromatic carbocycles. The van der Waals surface area contributed by atoms with Crippen molar-refractivity contribution in [2.24, 2.45) is 5.92 Å². The predicted octanol–water partition coefficient (Wildman–Crippen LogP) is 4.88. The number of nitrogens with one attached hydrogen (secondary N) is 1. The normalized spacial score (nSPS) is 21.6. The highest BCUT2D eigenvalue weighted by Crippen LogP contribution is 2.21. The second-order valence-electron chi connectivity index (χ2n) is 9.45. The fourth-order valence-electron chi connectivity index (χ4n) is 4.87. The molecule has 0 bridgehead atoms. The summed E-state index contributed by atoms with van der Waals surface area (Å²) in [7, 11) is 0. The minimum absolute atomic E-state index is 0.0230. The molecule has 4 rings (SSSR count). The highest BCUT2D eigenvalue weighted by atomic mass is 35.5. The number of amides is 2. The monoisotopic (exact) mass is 467 g/mol. The van der Waals surface area contributed by atoms with Crippen LogP contribution >= 0.6 is 11.6 Å². The van der Waals surface area contributed by atoms with Crippen LogP contribution in [0, 0.1) is 5.92 Å². The number of halogens is 1. The predicted molar refractivity (Wildman–Crippen MR) is 132 cm³/mol. The average molecular weight is 468 g/mol. The van der Waals surface area contributed by atoms with Gasteiger partial charge < -0.3 is 10.2 Å². The molecule has 5 nitrogen and oxygen atoms in total. The number of carbonyl (C=O) groups is 2. The Morgan fingerprint density at radius 3 is 2.39 bits per heavy atom. The van der Waals surface area contributed by atoms with E-state index in [2.05, 4.69) is 41.4 Å². The Kier molecular flexibility index (Phi) is 8.05. The van der Waals surface area contributed by atoms with Gasteiger partial charge in [-0.05, 0) is 74.5 Å². The van der Waals surface area contributed by atoms with Gasteiger partial charge in [0.25, 0.3) is 5.91 Å². The second kappa shape index (κ2) is 11.2. The van der Waals surface area contributed by atoms with Crippen molar-refractivity contribution in [3.63, 3.8) is 0 Å². The van der Waals surface area contributed by atoms with Crippen LogP contribution in [0.5, 0.6) is 0 Å². The topological polar surface area (TPSA) is 52.7 Å². The third-order valence-electron chi connectivity index (χ3n) is 6.99. The summed E-state index contributed by atoms with van der Waals surface area (Å²) in [5, 5.41) is 3.69. The molecule has 2 unspecified atom stereocenters. The van der Waals surface area contributed by atoms with E-state index in [0.29, 0.717) is 36.3 Å². The van der Waals surface area contributed by atoms with E-state index in [1.807, 2.05) is 0 Å². The van der Waals surface area contributed by atoms with Crippen LogP contribution in [0.15, 0.2) is 48.5 Å². The Hall–Kier alpha value is -2.37. The number of hydrogen-bond donors (Lipinski definition) is 1.